The van der Waals surface area contributed by atoms with Crippen LogP contribution < -0.4 is 4.90 Å². The van der Waals surface area contributed by atoms with Crippen molar-refractivity contribution in [2.45, 2.75) is 13.1 Å². The monoisotopic (exact) mass is 380 g/mol. The van der Waals surface area contributed by atoms with Crippen molar-refractivity contribution < 1.29 is 0 Å². The van der Waals surface area contributed by atoms with Crippen molar-refractivity contribution in [2.75, 3.05) is 31.1 Å². The van der Waals surface area contributed by atoms with Crippen LogP contribution >= 0.6 is 12.2 Å². The summed E-state index contributed by atoms with van der Waals surface area (Å²) >= 11 is 5.62. The van der Waals surface area contributed by atoms with E-state index < -0.39 is 0 Å². The smallest absolute Gasteiger partial charge is 0.198 e. The second-order valence-electron chi connectivity index (χ2n) is 6.87. The molecule has 0 bridgehead atoms. The Morgan fingerprint density at radius 1 is 0.963 bits per heavy atom. The minimum Gasteiger partial charge on any atom is -0.369 e. The van der Waals surface area contributed by atoms with Gasteiger partial charge < -0.3 is 9.47 Å². The van der Waals surface area contributed by atoms with E-state index in [2.05, 4.69) is 51.2 Å². The van der Waals surface area contributed by atoms with Gasteiger partial charge in [0.2, 0.25) is 0 Å². The molecule has 0 unspecified atom stereocenters. The molecule has 0 atom stereocenters. The van der Waals surface area contributed by atoms with Gasteiger partial charge >= 0.3 is 0 Å². The van der Waals surface area contributed by atoms with Crippen LogP contribution in [-0.2, 0) is 20.1 Å². The van der Waals surface area contributed by atoms with Crippen LogP contribution in [0.2, 0.25) is 0 Å². The molecule has 0 N–H and O–H groups in total. The molecule has 2 aromatic heterocycles. The molecule has 1 aromatic carbocycles. The van der Waals surface area contributed by atoms with Gasteiger partial charge in [-0.15, -0.1) is 0 Å². The topological polar surface area (TPSA) is 42.1 Å². The molecule has 0 saturated carbocycles. The number of anilines is 1. The molecule has 6 nitrogen and oxygen atoms in total. The summed E-state index contributed by atoms with van der Waals surface area (Å²) in [7, 11) is 2.01. The summed E-state index contributed by atoms with van der Waals surface area (Å²) in [5.41, 5.74) is 2.49. The number of rotatable bonds is 5. The third-order valence-electron chi connectivity index (χ3n) is 5.07. The lowest BCUT2D eigenvalue weighted by Gasteiger charge is -2.35. The SMILES string of the molecule is Cn1c(Cc2ccccc2)nn(CN2CCN(c3ccncc3)CC2)c1=S. The van der Waals surface area contributed by atoms with Crippen molar-refractivity contribution in [3.63, 3.8) is 0 Å². The Balaban J connectivity index is 1.40. The molecule has 1 aliphatic rings. The van der Waals surface area contributed by atoms with Gasteiger partial charge in [0.25, 0.3) is 0 Å². The number of pyridine rings is 1. The summed E-state index contributed by atoms with van der Waals surface area (Å²) < 4.78 is 4.75. The van der Waals surface area contributed by atoms with Crippen molar-refractivity contribution in [2.24, 2.45) is 7.05 Å². The second-order valence-corrected chi connectivity index (χ2v) is 7.24. The fraction of sp³-hybridized carbons (Fsp3) is 0.350. The van der Waals surface area contributed by atoms with Crippen LogP contribution in [0, 0.1) is 4.77 Å². The van der Waals surface area contributed by atoms with Crippen LogP contribution in [0.15, 0.2) is 54.9 Å². The molecule has 1 saturated heterocycles. The maximum Gasteiger partial charge on any atom is 0.198 e. The zero-order valence-corrected chi connectivity index (χ0v) is 16.3. The highest BCUT2D eigenvalue weighted by molar-refractivity contribution is 7.71. The van der Waals surface area contributed by atoms with Gasteiger partial charge in [0, 0.05) is 57.7 Å². The first-order valence-corrected chi connectivity index (χ1v) is 9.65. The summed E-state index contributed by atoms with van der Waals surface area (Å²) in [6.45, 7) is 4.73. The summed E-state index contributed by atoms with van der Waals surface area (Å²) in [5, 5.41) is 4.79. The normalized spacial score (nSPS) is 15.2. The molecule has 4 rings (SSSR count). The average molecular weight is 381 g/mol. The number of hydrogen-bond donors (Lipinski definition) is 0. The minimum atomic E-state index is 0.742. The zero-order chi connectivity index (χ0) is 18.6. The highest BCUT2D eigenvalue weighted by Gasteiger charge is 2.18. The lowest BCUT2D eigenvalue weighted by molar-refractivity contribution is 0.194. The van der Waals surface area contributed by atoms with Gasteiger partial charge in [0.05, 0.1) is 6.67 Å². The number of piperazine rings is 1. The molecular formula is C20H24N6S. The molecular weight excluding hydrogens is 356 g/mol. The summed E-state index contributed by atoms with van der Waals surface area (Å²) in [6, 6.07) is 14.5. The number of hydrogen-bond acceptors (Lipinski definition) is 5. The Bertz CT molecular complexity index is 926. The summed E-state index contributed by atoms with van der Waals surface area (Å²) in [4.78, 5) is 8.91. The van der Waals surface area contributed by atoms with Gasteiger partial charge in [-0.25, -0.2) is 4.68 Å². The van der Waals surface area contributed by atoms with Gasteiger partial charge in [-0.05, 0) is 29.9 Å². The number of aromatic nitrogens is 4. The van der Waals surface area contributed by atoms with Gasteiger partial charge in [0.1, 0.15) is 5.82 Å². The molecule has 0 aliphatic carbocycles. The van der Waals surface area contributed by atoms with E-state index in [4.69, 9.17) is 17.3 Å². The quantitative estimate of drug-likeness (QED) is 0.637. The average Bonchev–Trinajstić information content (AvgIpc) is 2.98. The van der Waals surface area contributed by atoms with Crippen LogP contribution in [-0.4, -0.2) is 50.4 Å². The molecule has 7 heteroatoms. The Labute approximate surface area is 164 Å². The summed E-state index contributed by atoms with van der Waals surface area (Å²) in [6.07, 6.45) is 4.50. The molecule has 0 amide bonds. The summed E-state index contributed by atoms with van der Waals surface area (Å²) in [5.74, 6) is 1.00. The van der Waals surface area contributed by atoms with E-state index >= 15 is 0 Å². The van der Waals surface area contributed by atoms with Crippen LogP contribution in [0.5, 0.6) is 0 Å². The predicted octanol–water partition coefficient (Wildman–Crippen LogP) is 2.72. The fourth-order valence-electron chi connectivity index (χ4n) is 3.45. The largest absolute Gasteiger partial charge is 0.369 e. The number of nitrogens with zero attached hydrogens (tertiary/aromatic N) is 6. The Morgan fingerprint density at radius 2 is 1.67 bits per heavy atom. The Hall–Kier alpha value is -2.51. The van der Waals surface area contributed by atoms with Crippen LogP contribution in [0.25, 0.3) is 0 Å². The minimum absolute atomic E-state index is 0.742. The first-order valence-electron chi connectivity index (χ1n) is 9.24. The van der Waals surface area contributed by atoms with E-state index in [9.17, 15) is 0 Å². The van der Waals surface area contributed by atoms with Gasteiger partial charge in [0.15, 0.2) is 4.77 Å². The predicted molar refractivity (Wildman–Crippen MR) is 109 cm³/mol. The van der Waals surface area contributed by atoms with E-state index in [1.54, 1.807) is 0 Å². The van der Waals surface area contributed by atoms with Crippen molar-refractivity contribution in [3.8, 4) is 0 Å². The van der Waals surface area contributed by atoms with Gasteiger partial charge in [-0.1, -0.05) is 30.3 Å². The molecule has 3 heterocycles. The maximum atomic E-state index is 5.62. The van der Waals surface area contributed by atoms with E-state index in [0.717, 1.165) is 49.9 Å². The maximum absolute atomic E-state index is 5.62. The first-order chi connectivity index (χ1) is 13.2. The lowest BCUT2D eigenvalue weighted by atomic mass is 10.1. The lowest BCUT2D eigenvalue weighted by Crippen LogP contribution is -2.47. The fourth-order valence-corrected chi connectivity index (χ4v) is 3.65. The van der Waals surface area contributed by atoms with E-state index in [1.807, 2.05) is 34.8 Å². The standard InChI is InChI=1S/C20H24N6S/c1-23-19(15-17-5-3-2-4-6-17)22-26(20(23)27)16-24-11-13-25(14-12-24)18-7-9-21-10-8-18/h2-10H,11-16H2,1H3. The molecule has 140 valence electrons. The van der Waals surface area contributed by atoms with E-state index in [1.165, 1.54) is 11.3 Å². The molecule has 0 radical (unpaired) electrons. The number of benzene rings is 1. The molecule has 1 fully saturated rings. The van der Waals surface area contributed by atoms with Gasteiger partial charge in [-0.2, -0.15) is 5.10 Å². The van der Waals surface area contributed by atoms with E-state index in [0.29, 0.717) is 0 Å². The van der Waals surface area contributed by atoms with Crippen molar-refractivity contribution in [1.29, 1.82) is 0 Å². The second kappa shape index (κ2) is 8.02. The third kappa shape index (κ3) is 4.09. The molecule has 1 aliphatic heterocycles. The highest BCUT2D eigenvalue weighted by atomic mass is 32.1. The van der Waals surface area contributed by atoms with Crippen LogP contribution in [0.1, 0.15) is 11.4 Å². The van der Waals surface area contributed by atoms with E-state index in [-0.39, 0.29) is 0 Å². The molecule has 0 spiro atoms. The van der Waals surface area contributed by atoms with Crippen molar-refractivity contribution >= 4 is 17.9 Å². The highest BCUT2D eigenvalue weighted by Crippen LogP contribution is 2.15. The molecule has 3 aromatic rings. The zero-order valence-electron chi connectivity index (χ0n) is 15.5. The molecule has 27 heavy (non-hydrogen) atoms. The van der Waals surface area contributed by atoms with Crippen LogP contribution in [0.4, 0.5) is 5.69 Å². The van der Waals surface area contributed by atoms with Gasteiger partial charge in [-0.3, -0.25) is 9.88 Å². The first kappa shape index (κ1) is 17.9. The van der Waals surface area contributed by atoms with Crippen molar-refractivity contribution in [3.05, 3.63) is 71.0 Å². The third-order valence-corrected chi connectivity index (χ3v) is 5.55. The Kier molecular flexibility index (Phi) is 5.31. The van der Waals surface area contributed by atoms with Crippen molar-refractivity contribution in [1.82, 2.24) is 24.2 Å². The Morgan fingerprint density at radius 3 is 2.37 bits per heavy atom. The van der Waals surface area contributed by atoms with Crippen LogP contribution in [0.3, 0.4) is 0 Å².